The highest BCUT2D eigenvalue weighted by molar-refractivity contribution is 6.32. The Morgan fingerprint density at radius 2 is 2.03 bits per heavy atom. The molecule has 8 nitrogen and oxygen atoms in total. The highest BCUT2D eigenvalue weighted by Gasteiger charge is 2.22. The van der Waals surface area contributed by atoms with E-state index in [2.05, 4.69) is 20.5 Å². The van der Waals surface area contributed by atoms with Gasteiger partial charge in [-0.15, -0.1) is 0 Å². The molecule has 1 amide bonds. The zero-order valence-corrected chi connectivity index (χ0v) is 19.4. The van der Waals surface area contributed by atoms with Crippen LogP contribution in [0.25, 0.3) is 22.0 Å². The van der Waals surface area contributed by atoms with Gasteiger partial charge in [-0.05, 0) is 67.0 Å². The van der Waals surface area contributed by atoms with E-state index in [1.54, 1.807) is 30.6 Å². The van der Waals surface area contributed by atoms with Gasteiger partial charge in [-0.25, -0.2) is 4.39 Å². The number of nitrogens with one attached hydrogen (secondary N) is 2. The van der Waals surface area contributed by atoms with Crippen LogP contribution in [0.2, 0.25) is 5.15 Å². The molecule has 0 saturated heterocycles. The maximum atomic E-state index is 14.4. The predicted molar refractivity (Wildman–Crippen MR) is 130 cm³/mol. The molecule has 4 aromatic rings. The van der Waals surface area contributed by atoms with Crippen molar-refractivity contribution in [3.8, 4) is 11.3 Å². The summed E-state index contributed by atoms with van der Waals surface area (Å²) in [6.45, 7) is 0.0950. The van der Waals surface area contributed by atoms with E-state index in [0.29, 0.717) is 53.3 Å². The Morgan fingerprint density at radius 1 is 1.23 bits per heavy atom. The van der Waals surface area contributed by atoms with Crippen LogP contribution >= 0.6 is 11.6 Å². The second-order valence-electron chi connectivity index (χ2n) is 8.82. The van der Waals surface area contributed by atoms with E-state index in [0.717, 1.165) is 0 Å². The number of pyridine rings is 2. The summed E-state index contributed by atoms with van der Waals surface area (Å²) >= 11 is 6.06. The predicted octanol–water partition coefficient (Wildman–Crippen LogP) is 3.66. The molecule has 0 unspecified atom stereocenters. The topological polar surface area (TPSA) is 113 Å². The molecule has 0 bridgehead atoms. The number of aromatic nitrogens is 4. The molecule has 3 aromatic heterocycles. The third kappa shape index (κ3) is 4.96. The van der Waals surface area contributed by atoms with Gasteiger partial charge in [0.25, 0.3) is 11.5 Å². The van der Waals surface area contributed by atoms with E-state index in [-0.39, 0.29) is 40.9 Å². The first-order valence-corrected chi connectivity index (χ1v) is 11.7. The van der Waals surface area contributed by atoms with Crippen molar-refractivity contribution in [2.45, 2.75) is 44.4 Å². The number of carbonyl (C=O) groups excluding carboxylic acids is 1. The minimum absolute atomic E-state index is 0.0463. The molecule has 1 saturated carbocycles. The SMILES string of the molecule is O=C(NC1CCC(O)CC1)c1cc(F)cc(Cn2ccc3cc(-c4c[nH]nc4Cl)ncc3c2=O)c1. The largest absolute Gasteiger partial charge is 0.393 e. The van der Waals surface area contributed by atoms with Crippen LogP contribution in [0.1, 0.15) is 41.6 Å². The van der Waals surface area contributed by atoms with Gasteiger partial charge < -0.3 is 15.0 Å². The number of H-pyrrole nitrogens is 1. The average molecular weight is 496 g/mol. The molecule has 35 heavy (non-hydrogen) atoms. The molecule has 1 fully saturated rings. The van der Waals surface area contributed by atoms with Gasteiger partial charge in [0.15, 0.2) is 5.15 Å². The number of amides is 1. The van der Waals surface area contributed by atoms with Gasteiger partial charge in [0.1, 0.15) is 5.82 Å². The quantitative estimate of drug-likeness (QED) is 0.391. The van der Waals surface area contributed by atoms with Gasteiger partial charge in [-0.3, -0.25) is 19.7 Å². The number of halogens is 2. The van der Waals surface area contributed by atoms with Crippen LogP contribution in [0.4, 0.5) is 4.39 Å². The van der Waals surface area contributed by atoms with Crippen molar-refractivity contribution < 1.29 is 14.3 Å². The van der Waals surface area contributed by atoms with Gasteiger partial charge in [-0.1, -0.05) is 11.6 Å². The van der Waals surface area contributed by atoms with E-state index in [1.807, 2.05) is 0 Å². The summed E-state index contributed by atoms with van der Waals surface area (Å²) in [5, 5.41) is 20.5. The van der Waals surface area contributed by atoms with Crippen LogP contribution in [0.5, 0.6) is 0 Å². The number of carbonyl (C=O) groups is 1. The van der Waals surface area contributed by atoms with Crippen molar-refractivity contribution in [1.82, 2.24) is 25.1 Å². The molecular weight excluding hydrogens is 473 g/mol. The highest BCUT2D eigenvalue weighted by Crippen LogP contribution is 2.25. The molecule has 180 valence electrons. The zero-order chi connectivity index (χ0) is 24.5. The van der Waals surface area contributed by atoms with Gasteiger partial charge in [-0.2, -0.15) is 5.10 Å². The Bertz CT molecular complexity index is 1460. The standard InChI is InChI=1S/C25H23ClFN5O3/c26-23-21(12-29-31-23)22-10-15-5-6-32(25(35)20(15)11-28-22)13-14-7-16(9-17(27)8-14)24(34)30-18-1-3-19(33)4-2-18/h5-12,18-19,33H,1-4,13H2,(H,29,31)(H,30,34). The summed E-state index contributed by atoms with van der Waals surface area (Å²) in [4.78, 5) is 30.1. The van der Waals surface area contributed by atoms with Crippen LogP contribution in [0.3, 0.4) is 0 Å². The fourth-order valence-electron chi connectivity index (χ4n) is 4.46. The van der Waals surface area contributed by atoms with E-state index in [9.17, 15) is 19.1 Å². The maximum absolute atomic E-state index is 14.4. The van der Waals surface area contributed by atoms with E-state index >= 15 is 0 Å². The third-order valence-corrected chi connectivity index (χ3v) is 6.62. The normalized spacial score (nSPS) is 18.0. The third-order valence-electron chi connectivity index (χ3n) is 6.34. The van der Waals surface area contributed by atoms with Crippen LogP contribution in [0, 0.1) is 5.82 Å². The number of hydrogen-bond acceptors (Lipinski definition) is 5. The molecule has 5 rings (SSSR count). The Balaban J connectivity index is 1.38. The monoisotopic (exact) mass is 495 g/mol. The summed E-state index contributed by atoms with van der Waals surface area (Å²) in [6.07, 6.45) is 7.06. The summed E-state index contributed by atoms with van der Waals surface area (Å²) < 4.78 is 15.8. The first kappa shape index (κ1) is 23.2. The summed E-state index contributed by atoms with van der Waals surface area (Å²) in [5.74, 6) is -0.920. The molecule has 1 aliphatic carbocycles. The first-order chi connectivity index (χ1) is 16.9. The van der Waals surface area contributed by atoms with Crippen molar-refractivity contribution in [3.63, 3.8) is 0 Å². The summed E-state index contributed by atoms with van der Waals surface area (Å²) in [6, 6.07) is 7.58. The lowest BCUT2D eigenvalue weighted by Gasteiger charge is -2.26. The number of aliphatic hydroxyl groups excluding tert-OH is 1. The van der Waals surface area contributed by atoms with Crippen molar-refractivity contribution in [1.29, 1.82) is 0 Å². The molecule has 1 aliphatic rings. The minimum atomic E-state index is -0.552. The summed E-state index contributed by atoms with van der Waals surface area (Å²) in [5.41, 5.74) is 1.62. The van der Waals surface area contributed by atoms with Crippen molar-refractivity contribution in [2.75, 3.05) is 0 Å². The maximum Gasteiger partial charge on any atom is 0.260 e. The second kappa shape index (κ2) is 9.59. The number of benzene rings is 1. The van der Waals surface area contributed by atoms with Gasteiger partial charge in [0, 0.05) is 30.2 Å². The molecule has 3 N–H and O–H groups in total. The Kier molecular flexibility index (Phi) is 6.36. The van der Waals surface area contributed by atoms with Crippen LogP contribution in [0.15, 0.2) is 53.7 Å². The minimum Gasteiger partial charge on any atom is -0.393 e. The second-order valence-corrected chi connectivity index (χ2v) is 9.18. The van der Waals surface area contributed by atoms with Crippen LogP contribution in [-0.2, 0) is 6.54 Å². The molecule has 3 heterocycles. The van der Waals surface area contributed by atoms with E-state index in [1.165, 1.54) is 22.9 Å². The number of rotatable bonds is 5. The smallest absolute Gasteiger partial charge is 0.260 e. The van der Waals surface area contributed by atoms with Crippen molar-refractivity contribution >= 4 is 28.3 Å². The van der Waals surface area contributed by atoms with Gasteiger partial charge in [0.2, 0.25) is 0 Å². The Hall–Kier alpha value is -3.56. The van der Waals surface area contributed by atoms with Crippen LogP contribution in [-0.4, -0.2) is 42.9 Å². The van der Waals surface area contributed by atoms with Crippen molar-refractivity contribution in [3.05, 3.63) is 81.4 Å². The molecule has 0 atom stereocenters. The fraction of sp³-hybridized carbons (Fsp3) is 0.280. The molecule has 0 aliphatic heterocycles. The molecule has 1 aromatic carbocycles. The number of hydrogen-bond donors (Lipinski definition) is 3. The number of nitrogens with zero attached hydrogens (tertiary/aromatic N) is 3. The highest BCUT2D eigenvalue weighted by atomic mass is 35.5. The zero-order valence-electron chi connectivity index (χ0n) is 18.7. The average Bonchev–Trinajstić information content (AvgIpc) is 3.27. The lowest BCUT2D eigenvalue weighted by Crippen LogP contribution is -2.38. The lowest BCUT2D eigenvalue weighted by atomic mass is 9.93. The Morgan fingerprint density at radius 3 is 2.77 bits per heavy atom. The first-order valence-electron chi connectivity index (χ1n) is 11.3. The number of aromatic amines is 1. The fourth-order valence-corrected chi connectivity index (χ4v) is 4.66. The lowest BCUT2D eigenvalue weighted by molar-refractivity contribution is 0.0867. The molecule has 0 spiro atoms. The van der Waals surface area contributed by atoms with Crippen molar-refractivity contribution in [2.24, 2.45) is 0 Å². The summed E-state index contributed by atoms with van der Waals surface area (Å²) in [7, 11) is 0. The van der Waals surface area contributed by atoms with Crippen LogP contribution < -0.4 is 10.9 Å². The molecular formula is C25H23ClFN5O3. The van der Waals surface area contributed by atoms with Gasteiger partial charge >= 0.3 is 0 Å². The number of fused-ring (bicyclic) bond motifs is 1. The van der Waals surface area contributed by atoms with Gasteiger partial charge in [0.05, 0.1) is 29.3 Å². The Labute approximate surface area is 204 Å². The number of aliphatic hydroxyl groups is 1. The molecule has 0 radical (unpaired) electrons. The van der Waals surface area contributed by atoms with E-state index < -0.39 is 5.82 Å². The molecule has 10 heteroatoms. The van der Waals surface area contributed by atoms with E-state index in [4.69, 9.17) is 11.6 Å².